The van der Waals surface area contributed by atoms with Gasteiger partial charge >= 0.3 is 0 Å². The number of hydrogen-bond acceptors (Lipinski definition) is 3. The first-order chi connectivity index (χ1) is 9.56. The van der Waals surface area contributed by atoms with Crippen LogP contribution in [0.25, 0.3) is 0 Å². The first kappa shape index (κ1) is 15.7. The zero-order valence-electron chi connectivity index (χ0n) is 11.2. The first-order valence-corrected chi connectivity index (χ1v) is 7.93. The molecule has 0 bridgehead atoms. The van der Waals surface area contributed by atoms with Crippen LogP contribution in [0.3, 0.4) is 0 Å². The van der Waals surface area contributed by atoms with Crippen LogP contribution in [0.1, 0.15) is 21.6 Å². The lowest BCUT2D eigenvalue weighted by Crippen LogP contribution is -2.15. The number of carbonyl (C=O) groups excluding carboxylic acids is 1. The number of aromatic nitrogens is 2. The van der Waals surface area contributed by atoms with E-state index in [1.807, 2.05) is 25.1 Å². The van der Waals surface area contributed by atoms with Gasteiger partial charge in [-0.3, -0.25) is 9.48 Å². The van der Waals surface area contributed by atoms with Crippen molar-refractivity contribution < 1.29 is 9.53 Å². The van der Waals surface area contributed by atoms with Gasteiger partial charge in [-0.25, -0.2) is 0 Å². The van der Waals surface area contributed by atoms with Crippen LogP contribution in [0.5, 0.6) is 0 Å². The van der Waals surface area contributed by atoms with E-state index in [0.29, 0.717) is 28.9 Å². The number of carbonyl (C=O) groups is 1. The van der Waals surface area contributed by atoms with Crippen molar-refractivity contribution in [3.63, 3.8) is 0 Å². The van der Waals surface area contributed by atoms with E-state index in [1.54, 1.807) is 18.0 Å². The molecule has 0 saturated heterocycles. The molecule has 0 saturated carbocycles. The number of benzene rings is 1. The van der Waals surface area contributed by atoms with Gasteiger partial charge in [-0.1, -0.05) is 12.1 Å². The van der Waals surface area contributed by atoms with Gasteiger partial charge in [0.25, 0.3) is 0 Å². The van der Waals surface area contributed by atoms with Crippen LogP contribution in [-0.2, 0) is 11.3 Å². The molecular formula is C14H14BrIN2O2. The Balaban J connectivity index is 2.43. The number of aryl methyl sites for hydroxylation is 1. The lowest BCUT2D eigenvalue weighted by molar-refractivity contribution is 0.102. The molecule has 0 aliphatic heterocycles. The Labute approximate surface area is 139 Å². The van der Waals surface area contributed by atoms with Gasteiger partial charge in [0.2, 0.25) is 5.78 Å². The number of ketones is 1. The molecule has 1 heterocycles. The second-order valence-electron chi connectivity index (χ2n) is 4.32. The predicted octanol–water partition coefficient (Wildman–Crippen LogP) is 3.44. The number of halogens is 2. The van der Waals surface area contributed by atoms with Gasteiger partial charge in [0.1, 0.15) is 5.69 Å². The lowest BCUT2D eigenvalue weighted by Gasteiger charge is -2.09. The molecule has 6 heteroatoms. The minimum Gasteiger partial charge on any atom is -0.383 e. The fourth-order valence-electron chi connectivity index (χ4n) is 1.89. The van der Waals surface area contributed by atoms with Crippen LogP contribution in [-0.4, -0.2) is 29.3 Å². The summed E-state index contributed by atoms with van der Waals surface area (Å²) in [5, 5.41) is 4.22. The average Bonchev–Trinajstić information content (AvgIpc) is 2.80. The summed E-state index contributed by atoms with van der Waals surface area (Å²) in [6.45, 7) is 3.06. The van der Waals surface area contributed by atoms with Crippen molar-refractivity contribution in [2.24, 2.45) is 0 Å². The molecule has 20 heavy (non-hydrogen) atoms. The van der Waals surface area contributed by atoms with Gasteiger partial charge in [-0.05, 0) is 57.1 Å². The Bertz CT molecular complexity index is 640. The average molecular weight is 449 g/mol. The zero-order chi connectivity index (χ0) is 14.7. The van der Waals surface area contributed by atoms with Crippen LogP contribution in [0.2, 0.25) is 0 Å². The first-order valence-electron chi connectivity index (χ1n) is 6.06. The Morgan fingerprint density at radius 1 is 1.50 bits per heavy atom. The summed E-state index contributed by atoms with van der Waals surface area (Å²) >= 11 is 5.61. The minimum atomic E-state index is -0.0291. The summed E-state index contributed by atoms with van der Waals surface area (Å²) in [6.07, 6.45) is 1.64. The van der Waals surface area contributed by atoms with Crippen LogP contribution in [0, 0.1) is 10.5 Å². The fourth-order valence-corrected chi connectivity index (χ4v) is 2.97. The summed E-state index contributed by atoms with van der Waals surface area (Å²) in [5.41, 5.74) is 2.35. The maximum atomic E-state index is 12.7. The Hall–Kier alpha value is -0.730. The van der Waals surface area contributed by atoms with E-state index in [-0.39, 0.29) is 5.78 Å². The lowest BCUT2D eigenvalue weighted by atomic mass is 10.1. The van der Waals surface area contributed by atoms with Crippen molar-refractivity contribution in [1.29, 1.82) is 0 Å². The largest absolute Gasteiger partial charge is 0.383 e. The van der Waals surface area contributed by atoms with Crippen molar-refractivity contribution in [2.75, 3.05) is 13.7 Å². The minimum absolute atomic E-state index is 0.0291. The molecule has 1 aromatic heterocycles. The molecule has 0 atom stereocenters. The van der Waals surface area contributed by atoms with Gasteiger partial charge in [0, 0.05) is 16.2 Å². The normalized spacial score (nSPS) is 10.8. The molecule has 2 rings (SSSR count). The van der Waals surface area contributed by atoms with Crippen molar-refractivity contribution in [2.45, 2.75) is 13.5 Å². The number of nitrogens with zero attached hydrogens (tertiary/aromatic N) is 2. The molecule has 106 valence electrons. The van der Waals surface area contributed by atoms with Gasteiger partial charge < -0.3 is 4.74 Å². The fraction of sp³-hybridized carbons (Fsp3) is 0.286. The molecule has 0 N–H and O–H groups in total. The molecule has 4 nitrogen and oxygen atoms in total. The molecular weight excluding hydrogens is 435 g/mol. The maximum Gasteiger partial charge on any atom is 0.213 e. The highest BCUT2D eigenvalue weighted by Crippen LogP contribution is 2.24. The molecule has 0 aliphatic carbocycles. The molecule has 0 amide bonds. The van der Waals surface area contributed by atoms with Crippen molar-refractivity contribution in [1.82, 2.24) is 9.78 Å². The highest BCUT2D eigenvalue weighted by molar-refractivity contribution is 14.1. The van der Waals surface area contributed by atoms with Crippen LogP contribution >= 0.6 is 38.5 Å². The van der Waals surface area contributed by atoms with Gasteiger partial charge in [-0.2, -0.15) is 5.10 Å². The summed E-state index contributed by atoms with van der Waals surface area (Å²) in [5.74, 6) is -0.0291. The SMILES string of the molecule is COCCn1ncc(Br)c1C(=O)c1cccc(C)c1I. The van der Waals surface area contributed by atoms with Crippen molar-refractivity contribution in [3.8, 4) is 0 Å². The van der Waals surface area contributed by atoms with Crippen molar-refractivity contribution in [3.05, 3.63) is 49.3 Å². The molecule has 0 spiro atoms. The summed E-state index contributed by atoms with van der Waals surface area (Å²) in [7, 11) is 1.63. The Kier molecular flexibility index (Phi) is 5.34. The van der Waals surface area contributed by atoms with Crippen LogP contribution in [0.15, 0.2) is 28.9 Å². The van der Waals surface area contributed by atoms with E-state index in [9.17, 15) is 4.79 Å². The summed E-state index contributed by atoms with van der Waals surface area (Å²) < 4.78 is 8.40. The van der Waals surface area contributed by atoms with E-state index in [2.05, 4.69) is 43.6 Å². The van der Waals surface area contributed by atoms with E-state index >= 15 is 0 Å². The van der Waals surface area contributed by atoms with Crippen LogP contribution < -0.4 is 0 Å². The number of rotatable bonds is 5. The Morgan fingerprint density at radius 2 is 2.25 bits per heavy atom. The van der Waals surface area contributed by atoms with Crippen molar-refractivity contribution >= 4 is 44.3 Å². The van der Waals surface area contributed by atoms with E-state index in [0.717, 1.165) is 9.13 Å². The molecule has 1 aromatic carbocycles. The third kappa shape index (κ3) is 3.12. The molecule has 0 fully saturated rings. The third-order valence-corrected chi connectivity index (χ3v) is 4.97. The quantitative estimate of drug-likeness (QED) is 0.519. The molecule has 0 aliphatic rings. The second kappa shape index (κ2) is 6.82. The molecule has 0 unspecified atom stereocenters. The topological polar surface area (TPSA) is 44.1 Å². The summed E-state index contributed by atoms with van der Waals surface area (Å²) in [6, 6.07) is 5.74. The van der Waals surface area contributed by atoms with E-state index in [4.69, 9.17) is 4.74 Å². The molecule has 0 radical (unpaired) electrons. The van der Waals surface area contributed by atoms with Crippen LogP contribution in [0.4, 0.5) is 0 Å². The van der Waals surface area contributed by atoms with Gasteiger partial charge in [0.15, 0.2) is 0 Å². The predicted molar refractivity (Wildman–Crippen MR) is 89.1 cm³/mol. The highest BCUT2D eigenvalue weighted by Gasteiger charge is 2.21. The smallest absolute Gasteiger partial charge is 0.213 e. The maximum absolute atomic E-state index is 12.7. The third-order valence-electron chi connectivity index (χ3n) is 2.95. The van der Waals surface area contributed by atoms with E-state index < -0.39 is 0 Å². The zero-order valence-corrected chi connectivity index (χ0v) is 14.9. The van der Waals surface area contributed by atoms with E-state index in [1.165, 1.54) is 0 Å². The van der Waals surface area contributed by atoms with Gasteiger partial charge in [0.05, 0.1) is 23.8 Å². The monoisotopic (exact) mass is 448 g/mol. The second-order valence-corrected chi connectivity index (χ2v) is 6.26. The number of methoxy groups -OCH3 is 1. The standard InChI is InChI=1S/C14H14BrIN2O2/c1-9-4-3-5-10(12(9)16)14(19)13-11(15)8-17-18(13)6-7-20-2/h3-5,8H,6-7H2,1-2H3. The number of ether oxygens (including phenoxy) is 1. The van der Waals surface area contributed by atoms with Gasteiger partial charge in [-0.15, -0.1) is 0 Å². The summed E-state index contributed by atoms with van der Waals surface area (Å²) in [4.78, 5) is 12.7. The number of hydrogen-bond donors (Lipinski definition) is 0. The highest BCUT2D eigenvalue weighted by atomic mass is 127. The Morgan fingerprint density at radius 3 is 2.95 bits per heavy atom. The molecule has 2 aromatic rings.